The van der Waals surface area contributed by atoms with Crippen LogP contribution >= 0.6 is 11.8 Å². The molecule has 3 rings (SSSR count). The van der Waals surface area contributed by atoms with Crippen LogP contribution in [0, 0.1) is 13.8 Å². The Morgan fingerprint density at radius 3 is 2.62 bits per heavy atom. The van der Waals surface area contributed by atoms with Crippen molar-refractivity contribution in [1.29, 1.82) is 0 Å². The van der Waals surface area contributed by atoms with Crippen LogP contribution in [0.1, 0.15) is 21.5 Å². The van der Waals surface area contributed by atoms with Crippen LogP contribution in [-0.4, -0.2) is 27.3 Å². The first-order valence-electron chi connectivity index (χ1n) is 7.51. The third kappa shape index (κ3) is 3.19. The zero-order chi connectivity index (χ0) is 17.1. The number of pyridine rings is 1. The van der Waals surface area contributed by atoms with Crippen molar-refractivity contribution in [1.82, 2.24) is 15.2 Å². The van der Waals surface area contributed by atoms with Gasteiger partial charge in [-0.05, 0) is 49.9 Å². The molecule has 3 aromatic rings. The Hall–Kier alpha value is -2.60. The number of carbonyl (C=O) groups is 1. The van der Waals surface area contributed by atoms with E-state index in [1.165, 1.54) is 0 Å². The van der Waals surface area contributed by atoms with Gasteiger partial charge in [-0.1, -0.05) is 6.07 Å². The van der Waals surface area contributed by atoms with E-state index < -0.39 is 0 Å². The standard InChI is InChI=1S/C18H18N4OS/c1-11-4-5-14(24-3)10-15(11)18(23)20-17-12(2)16(21-22-17)13-6-8-19-9-7-13/h4-10H,1-3H3,(H2,20,21,22,23). The number of hydrogen-bond acceptors (Lipinski definition) is 4. The minimum absolute atomic E-state index is 0.153. The SMILES string of the molecule is CSc1ccc(C)c(C(=O)Nc2n[nH]c(-c3ccncc3)c2C)c1. The molecule has 0 aliphatic rings. The largest absolute Gasteiger partial charge is 0.305 e. The van der Waals surface area contributed by atoms with Crippen molar-refractivity contribution < 1.29 is 4.79 Å². The van der Waals surface area contributed by atoms with Crippen LogP contribution < -0.4 is 5.32 Å². The molecule has 0 atom stereocenters. The van der Waals surface area contributed by atoms with E-state index in [4.69, 9.17) is 0 Å². The number of hydrogen-bond donors (Lipinski definition) is 2. The Bertz CT molecular complexity index is 874. The molecule has 0 unspecified atom stereocenters. The molecule has 2 aromatic heterocycles. The first-order valence-corrected chi connectivity index (χ1v) is 8.74. The predicted molar refractivity (Wildman–Crippen MR) is 97.5 cm³/mol. The van der Waals surface area contributed by atoms with Crippen molar-refractivity contribution in [2.75, 3.05) is 11.6 Å². The Balaban J connectivity index is 1.87. The van der Waals surface area contributed by atoms with Gasteiger partial charge in [0.15, 0.2) is 5.82 Å². The number of nitrogens with zero attached hydrogens (tertiary/aromatic N) is 2. The molecule has 0 fully saturated rings. The van der Waals surface area contributed by atoms with Gasteiger partial charge in [0.25, 0.3) is 5.91 Å². The maximum absolute atomic E-state index is 12.6. The van der Waals surface area contributed by atoms with Gasteiger partial charge in [-0.25, -0.2) is 0 Å². The summed E-state index contributed by atoms with van der Waals surface area (Å²) in [6.45, 7) is 3.86. The highest BCUT2D eigenvalue weighted by Crippen LogP contribution is 2.26. The number of anilines is 1. The average molecular weight is 338 g/mol. The number of H-pyrrole nitrogens is 1. The summed E-state index contributed by atoms with van der Waals surface area (Å²) in [7, 11) is 0. The van der Waals surface area contributed by atoms with Crippen molar-refractivity contribution in [2.24, 2.45) is 0 Å². The van der Waals surface area contributed by atoms with E-state index in [0.717, 1.165) is 27.3 Å². The summed E-state index contributed by atoms with van der Waals surface area (Å²) in [5, 5.41) is 10.1. The molecule has 1 amide bonds. The van der Waals surface area contributed by atoms with E-state index in [2.05, 4.69) is 20.5 Å². The normalized spacial score (nSPS) is 10.6. The zero-order valence-corrected chi connectivity index (χ0v) is 14.6. The second-order valence-corrected chi connectivity index (χ2v) is 6.32. The van der Waals surface area contributed by atoms with Crippen LogP contribution in [0.5, 0.6) is 0 Å². The lowest BCUT2D eigenvalue weighted by Crippen LogP contribution is -2.14. The van der Waals surface area contributed by atoms with Gasteiger partial charge in [-0.3, -0.25) is 14.9 Å². The van der Waals surface area contributed by atoms with Crippen LogP contribution in [0.2, 0.25) is 0 Å². The zero-order valence-electron chi connectivity index (χ0n) is 13.8. The summed E-state index contributed by atoms with van der Waals surface area (Å²) in [5.41, 5.74) is 4.36. The Morgan fingerprint density at radius 1 is 1.17 bits per heavy atom. The smallest absolute Gasteiger partial charge is 0.257 e. The van der Waals surface area contributed by atoms with Gasteiger partial charge >= 0.3 is 0 Å². The number of aromatic nitrogens is 3. The highest BCUT2D eigenvalue weighted by atomic mass is 32.2. The van der Waals surface area contributed by atoms with Gasteiger partial charge in [0.2, 0.25) is 0 Å². The van der Waals surface area contributed by atoms with Gasteiger partial charge < -0.3 is 5.32 Å². The van der Waals surface area contributed by atoms with E-state index in [-0.39, 0.29) is 5.91 Å². The third-order valence-corrected chi connectivity index (χ3v) is 4.63. The van der Waals surface area contributed by atoms with Crippen molar-refractivity contribution in [2.45, 2.75) is 18.7 Å². The van der Waals surface area contributed by atoms with E-state index in [0.29, 0.717) is 11.4 Å². The molecule has 0 saturated heterocycles. The second kappa shape index (κ2) is 6.88. The van der Waals surface area contributed by atoms with Crippen LogP contribution in [-0.2, 0) is 0 Å². The maximum Gasteiger partial charge on any atom is 0.257 e. The molecule has 0 saturated carbocycles. The number of nitrogens with one attached hydrogen (secondary N) is 2. The molecule has 0 aliphatic heterocycles. The third-order valence-electron chi connectivity index (χ3n) is 3.90. The predicted octanol–water partition coefficient (Wildman–Crippen LogP) is 4.06. The van der Waals surface area contributed by atoms with Crippen molar-refractivity contribution in [3.05, 3.63) is 59.4 Å². The minimum Gasteiger partial charge on any atom is -0.305 e. The lowest BCUT2D eigenvalue weighted by molar-refractivity contribution is 0.102. The monoisotopic (exact) mass is 338 g/mol. The number of benzene rings is 1. The van der Waals surface area contributed by atoms with Gasteiger partial charge in [0.1, 0.15) is 0 Å². The number of aryl methyl sites for hydroxylation is 1. The Labute approximate surface area is 144 Å². The van der Waals surface area contributed by atoms with Crippen molar-refractivity contribution in [3.63, 3.8) is 0 Å². The second-order valence-electron chi connectivity index (χ2n) is 5.44. The molecule has 122 valence electrons. The van der Waals surface area contributed by atoms with Crippen LogP contribution in [0.15, 0.2) is 47.6 Å². The van der Waals surface area contributed by atoms with E-state index >= 15 is 0 Å². The fraction of sp³-hybridized carbons (Fsp3) is 0.167. The molecule has 1 aromatic carbocycles. The van der Waals surface area contributed by atoms with Gasteiger partial charge in [-0.15, -0.1) is 11.8 Å². The molecular formula is C18H18N4OS. The number of carbonyl (C=O) groups excluding carboxylic acids is 1. The summed E-state index contributed by atoms with van der Waals surface area (Å²) in [6.07, 6.45) is 5.45. The lowest BCUT2D eigenvalue weighted by atomic mass is 10.1. The quantitative estimate of drug-likeness (QED) is 0.704. The molecule has 2 heterocycles. The minimum atomic E-state index is -0.153. The molecule has 2 N–H and O–H groups in total. The fourth-order valence-corrected chi connectivity index (χ4v) is 2.91. The van der Waals surface area contributed by atoms with Crippen molar-refractivity contribution >= 4 is 23.5 Å². The average Bonchev–Trinajstić information content (AvgIpc) is 2.96. The highest BCUT2D eigenvalue weighted by molar-refractivity contribution is 7.98. The van der Waals surface area contributed by atoms with Crippen LogP contribution in [0.25, 0.3) is 11.3 Å². The summed E-state index contributed by atoms with van der Waals surface area (Å²) < 4.78 is 0. The number of amides is 1. The van der Waals surface area contributed by atoms with E-state index in [9.17, 15) is 4.79 Å². The topological polar surface area (TPSA) is 70.7 Å². The van der Waals surface area contributed by atoms with E-state index in [1.807, 2.05) is 50.4 Å². The van der Waals surface area contributed by atoms with Gasteiger partial charge in [0.05, 0.1) is 5.69 Å². The van der Waals surface area contributed by atoms with Crippen LogP contribution in [0.4, 0.5) is 5.82 Å². The number of thioether (sulfide) groups is 1. The summed E-state index contributed by atoms with van der Waals surface area (Å²) in [5.74, 6) is 0.389. The van der Waals surface area contributed by atoms with Crippen LogP contribution in [0.3, 0.4) is 0 Å². The molecular weight excluding hydrogens is 320 g/mol. The number of aromatic amines is 1. The van der Waals surface area contributed by atoms with E-state index in [1.54, 1.807) is 24.2 Å². The molecule has 0 spiro atoms. The maximum atomic E-state index is 12.6. The Kier molecular flexibility index (Phi) is 4.66. The first-order chi connectivity index (χ1) is 11.6. The lowest BCUT2D eigenvalue weighted by Gasteiger charge is -2.08. The molecule has 6 heteroatoms. The molecule has 0 radical (unpaired) electrons. The fourth-order valence-electron chi connectivity index (χ4n) is 2.47. The summed E-state index contributed by atoms with van der Waals surface area (Å²) in [6, 6.07) is 9.68. The summed E-state index contributed by atoms with van der Waals surface area (Å²) >= 11 is 1.61. The number of rotatable bonds is 4. The van der Waals surface area contributed by atoms with Gasteiger partial charge in [-0.2, -0.15) is 5.10 Å². The Morgan fingerprint density at radius 2 is 1.92 bits per heavy atom. The highest BCUT2D eigenvalue weighted by Gasteiger charge is 2.16. The summed E-state index contributed by atoms with van der Waals surface area (Å²) in [4.78, 5) is 17.7. The molecule has 5 nitrogen and oxygen atoms in total. The molecule has 0 aliphatic carbocycles. The first kappa shape index (κ1) is 16.3. The molecule has 24 heavy (non-hydrogen) atoms. The van der Waals surface area contributed by atoms with Crippen molar-refractivity contribution in [3.8, 4) is 11.3 Å². The van der Waals surface area contributed by atoms with Gasteiger partial charge in [0, 0.05) is 34.0 Å². The molecule has 0 bridgehead atoms.